The van der Waals surface area contributed by atoms with Crippen LogP contribution in [0.25, 0.3) is 0 Å². The third kappa shape index (κ3) is 3.92. The summed E-state index contributed by atoms with van der Waals surface area (Å²) in [5, 5.41) is 3.33. The molecule has 0 spiro atoms. The van der Waals surface area contributed by atoms with Crippen molar-refractivity contribution in [3.63, 3.8) is 0 Å². The molecular formula is C12H18BrClN2O2S. The van der Waals surface area contributed by atoms with E-state index in [0.717, 1.165) is 4.47 Å². The van der Waals surface area contributed by atoms with Crippen LogP contribution in [0.15, 0.2) is 33.6 Å². The van der Waals surface area contributed by atoms with Crippen LogP contribution in [0.1, 0.15) is 13.8 Å². The van der Waals surface area contributed by atoms with Gasteiger partial charge >= 0.3 is 0 Å². The summed E-state index contributed by atoms with van der Waals surface area (Å²) in [4.78, 5) is 0.354. The van der Waals surface area contributed by atoms with Crippen molar-refractivity contribution in [2.75, 3.05) is 13.1 Å². The van der Waals surface area contributed by atoms with Gasteiger partial charge in [0.15, 0.2) is 0 Å². The fourth-order valence-electron chi connectivity index (χ4n) is 2.23. The molecule has 1 heterocycles. The first-order chi connectivity index (χ1) is 8.39. The molecule has 0 aliphatic carbocycles. The summed E-state index contributed by atoms with van der Waals surface area (Å²) in [6, 6.07) is 7.13. The molecular weight excluding hydrogens is 352 g/mol. The fraction of sp³-hybridized carbons (Fsp3) is 0.500. The van der Waals surface area contributed by atoms with E-state index < -0.39 is 10.0 Å². The number of halogens is 2. The number of rotatable bonds is 2. The van der Waals surface area contributed by atoms with E-state index in [2.05, 4.69) is 21.2 Å². The maximum Gasteiger partial charge on any atom is 0.243 e. The normalized spacial score (nSPS) is 24.8. The Morgan fingerprint density at radius 2 is 1.63 bits per heavy atom. The second-order valence-corrected chi connectivity index (χ2v) is 7.60. The number of piperazine rings is 1. The van der Waals surface area contributed by atoms with Crippen LogP contribution in [0.3, 0.4) is 0 Å². The third-order valence-electron chi connectivity index (χ3n) is 2.98. The van der Waals surface area contributed by atoms with Gasteiger partial charge in [-0.05, 0) is 38.1 Å². The lowest BCUT2D eigenvalue weighted by molar-refractivity contribution is 0.263. The van der Waals surface area contributed by atoms with Gasteiger partial charge in [-0.15, -0.1) is 12.4 Å². The van der Waals surface area contributed by atoms with Crippen molar-refractivity contribution in [3.05, 3.63) is 28.7 Å². The van der Waals surface area contributed by atoms with E-state index in [-0.39, 0.29) is 24.5 Å². The van der Waals surface area contributed by atoms with E-state index in [1.54, 1.807) is 28.6 Å². The van der Waals surface area contributed by atoms with Crippen molar-refractivity contribution in [1.29, 1.82) is 0 Å². The van der Waals surface area contributed by atoms with Crippen molar-refractivity contribution in [1.82, 2.24) is 9.62 Å². The van der Waals surface area contributed by atoms with Gasteiger partial charge in [0.05, 0.1) is 4.90 Å². The molecule has 0 amide bonds. The quantitative estimate of drug-likeness (QED) is 0.870. The topological polar surface area (TPSA) is 49.4 Å². The van der Waals surface area contributed by atoms with Gasteiger partial charge in [0.25, 0.3) is 0 Å². The molecule has 0 aromatic heterocycles. The third-order valence-corrected chi connectivity index (χ3v) is 5.35. The van der Waals surface area contributed by atoms with Crippen LogP contribution in [-0.4, -0.2) is 37.9 Å². The van der Waals surface area contributed by atoms with Crippen LogP contribution in [0.2, 0.25) is 0 Å². The zero-order valence-corrected chi connectivity index (χ0v) is 14.1. The number of hydrogen-bond donors (Lipinski definition) is 1. The average molecular weight is 370 g/mol. The highest BCUT2D eigenvalue weighted by atomic mass is 79.9. The summed E-state index contributed by atoms with van der Waals surface area (Å²) in [5.74, 6) is 0. The Labute approximate surface area is 129 Å². The highest BCUT2D eigenvalue weighted by Gasteiger charge is 2.31. The SMILES string of the molecule is CC1CN(S(=O)(=O)c2ccc(Br)cc2)CC(C)N1.Cl. The molecule has 0 radical (unpaired) electrons. The molecule has 1 saturated heterocycles. The van der Waals surface area contributed by atoms with Gasteiger partial charge in [0.1, 0.15) is 0 Å². The summed E-state index contributed by atoms with van der Waals surface area (Å²) in [7, 11) is -3.37. The van der Waals surface area contributed by atoms with E-state index in [1.807, 2.05) is 13.8 Å². The van der Waals surface area contributed by atoms with Gasteiger partial charge in [0.2, 0.25) is 10.0 Å². The Balaban J connectivity index is 0.00000180. The Morgan fingerprint density at radius 3 is 2.11 bits per heavy atom. The van der Waals surface area contributed by atoms with Gasteiger partial charge in [0, 0.05) is 29.6 Å². The number of hydrogen-bond acceptors (Lipinski definition) is 3. The summed E-state index contributed by atoms with van der Waals surface area (Å²) in [5.41, 5.74) is 0. The lowest BCUT2D eigenvalue weighted by atomic mass is 10.2. The maximum absolute atomic E-state index is 12.5. The minimum atomic E-state index is -3.37. The van der Waals surface area contributed by atoms with Crippen molar-refractivity contribution < 1.29 is 8.42 Å². The lowest BCUT2D eigenvalue weighted by Crippen LogP contribution is -2.55. The molecule has 1 aliphatic rings. The summed E-state index contributed by atoms with van der Waals surface area (Å²) in [6.07, 6.45) is 0. The number of benzene rings is 1. The van der Waals surface area contributed by atoms with Gasteiger partial charge in [-0.3, -0.25) is 0 Å². The van der Waals surface area contributed by atoms with Gasteiger partial charge in [-0.1, -0.05) is 15.9 Å². The van der Waals surface area contributed by atoms with Gasteiger partial charge in [-0.2, -0.15) is 4.31 Å². The van der Waals surface area contributed by atoms with Gasteiger partial charge in [-0.25, -0.2) is 8.42 Å². The molecule has 4 nitrogen and oxygen atoms in total. The highest BCUT2D eigenvalue weighted by Crippen LogP contribution is 2.20. The summed E-state index contributed by atoms with van der Waals surface area (Å²) < 4.78 is 27.4. The van der Waals surface area contributed by atoms with Crippen molar-refractivity contribution in [3.8, 4) is 0 Å². The molecule has 1 aromatic carbocycles. The van der Waals surface area contributed by atoms with Crippen LogP contribution in [0.4, 0.5) is 0 Å². The fourth-order valence-corrected chi connectivity index (χ4v) is 4.11. The average Bonchev–Trinajstić information content (AvgIpc) is 2.28. The zero-order chi connectivity index (χ0) is 13.3. The first-order valence-electron chi connectivity index (χ1n) is 5.91. The molecule has 0 bridgehead atoms. The Kier molecular flexibility index (Phi) is 5.82. The smallest absolute Gasteiger partial charge is 0.243 e. The number of sulfonamides is 1. The largest absolute Gasteiger partial charge is 0.309 e. The van der Waals surface area contributed by atoms with E-state index in [9.17, 15) is 8.42 Å². The van der Waals surface area contributed by atoms with Crippen molar-refractivity contribution in [2.45, 2.75) is 30.8 Å². The predicted octanol–water partition coefficient (Wildman–Crippen LogP) is 2.24. The molecule has 1 fully saturated rings. The molecule has 2 unspecified atom stereocenters. The number of nitrogens with one attached hydrogen (secondary N) is 1. The van der Waals surface area contributed by atoms with Crippen LogP contribution in [0.5, 0.6) is 0 Å². The Bertz CT molecular complexity index is 511. The first-order valence-corrected chi connectivity index (χ1v) is 8.14. The predicted molar refractivity (Wildman–Crippen MR) is 82.2 cm³/mol. The Morgan fingerprint density at radius 1 is 1.16 bits per heavy atom. The second-order valence-electron chi connectivity index (χ2n) is 4.74. The lowest BCUT2D eigenvalue weighted by Gasteiger charge is -2.35. The minimum Gasteiger partial charge on any atom is -0.309 e. The molecule has 2 atom stereocenters. The van der Waals surface area contributed by atoms with E-state index in [4.69, 9.17) is 0 Å². The molecule has 108 valence electrons. The second kappa shape index (κ2) is 6.54. The van der Waals surface area contributed by atoms with Crippen molar-refractivity contribution >= 4 is 38.4 Å². The van der Waals surface area contributed by atoms with Crippen LogP contribution >= 0.6 is 28.3 Å². The summed E-state index contributed by atoms with van der Waals surface area (Å²) in [6.45, 7) is 5.03. The molecule has 1 aliphatic heterocycles. The van der Waals surface area contributed by atoms with E-state index >= 15 is 0 Å². The van der Waals surface area contributed by atoms with Crippen LogP contribution in [-0.2, 0) is 10.0 Å². The van der Waals surface area contributed by atoms with Crippen LogP contribution < -0.4 is 5.32 Å². The molecule has 1 aromatic rings. The molecule has 1 N–H and O–H groups in total. The van der Waals surface area contributed by atoms with E-state index in [0.29, 0.717) is 18.0 Å². The highest BCUT2D eigenvalue weighted by molar-refractivity contribution is 9.10. The summed E-state index contributed by atoms with van der Waals surface area (Å²) >= 11 is 3.31. The minimum absolute atomic E-state index is 0. The molecule has 7 heteroatoms. The van der Waals surface area contributed by atoms with E-state index in [1.165, 1.54) is 0 Å². The van der Waals surface area contributed by atoms with Crippen molar-refractivity contribution in [2.24, 2.45) is 0 Å². The van der Waals surface area contributed by atoms with Crippen LogP contribution in [0, 0.1) is 0 Å². The maximum atomic E-state index is 12.5. The standard InChI is InChI=1S/C12H17BrN2O2S.ClH/c1-9-7-15(8-10(2)14-9)18(16,17)12-5-3-11(13)4-6-12;/h3-6,9-10,14H,7-8H2,1-2H3;1H. The monoisotopic (exact) mass is 368 g/mol. The van der Waals surface area contributed by atoms with Gasteiger partial charge < -0.3 is 5.32 Å². The number of nitrogens with zero attached hydrogens (tertiary/aromatic N) is 1. The molecule has 19 heavy (non-hydrogen) atoms. The first kappa shape index (κ1) is 16.9. The Hall–Kier alpha value is -0.140. The molecule has 2 rings (SSSR count). The zero-order valence-electron chi connectivity index (χ0n) is 10.8. The molecule has 0 saturated carbocycles.